The van der Waals surface area contributed by atoms with Crippen molar-refractivity contribution in [1.29, 1.82) is 0 Å². The van der Waals surface area contributed by atoms with Gasteiger partial charge in [0, 0.05) is 17.0 Å². The Morgan fingerprint density at radius 1 is 1.00 bits per heavy atom. The summed E-state index contributed by atoms with van der Waals surface area (Å²) in [6.45, 7) is 0. The first kappa shape index (κ1) is 15.1. The molecule has 2 aromatic rings. The van der Waals surface area contributed by atoms with E-state index in [9.17, 15) is 9.59 Å². The maximum atomic E-state index is 12.1. The highest BCUT2D eigenvalue weighted by atomic mass is 32.2. The molecule has 2 amide bonds. The molecule has 0 fully saturated rings. The molecular weight excluding hydrogens is 284 g/mol. The number of carbonyl (C=O) groups is 2. The molecule has 108 valence electrons. The summed E-state index contributed by atoms with van der Waals surface area (Å²) in [6, 6.07) is 16.6. The number of carbonyl (C=O) groups excluding carboxylic acids is 2. The van der Waals surface area contributed by atoms with Gasteiger partial charge in [-0.15, -0.1) is 11.8 Å². The molecule has 0 heterocycles. The van der Waals surface area contributed by atoms with Crippen LogP contribution < -0.4 is 11.1 Å². The Balaban J connectivity index is 1.92. The molecule has 0 aliphatic carbocycles. The van der Waals surface area contributed by atoms with Crippen molar-refractivity contribution in [3.05, 3.63) is 65.7 Å². The molecule has 0 bridgehead atoms. The lowest BCUT2D eigenvalue weighted by molar-refractivity contribution is -0.115. The van der Waals surface area contributed by atoms with Crippen molar-refractivity contribution < 1.29 is 9.59 Å². The zero-order valence-electron chi connectivity index (χ0n) is 11.4. The van der Waals surface area contributed by atoms with Gasteiger partial charge < -0.3 is 11.1 Å². The first-order valence-corrected chi connectivity index (χ1v) is 7.62. The SMILES string of the molecule is NC(=O)CSCc1ccc(C(=O)Nc2ccccc2)cc1. The van der Waals surface area contributed by atoms with Crippen molar-refractivity contribution >= 4 is 29.3 Å². The van der Waals surface area contributed by atoms with Crippen LogP contribution in [-0.4, -0.2) is 17.6 Å². The van der Waals surface area contributed by atoms with E-state index in [2.05, 4.69) is 5.32 Å². The molecule has 2 rings (SSSR count). The number of amides is 2. The zero-order chi connectivity index (χ0) is 15.1. The molecule has 0 aliphatic heterocycles. The Morgan fingerprint density at radius 2 is 1.67 bits per heavy atom. The van der Waals surface area contributed by atoms with E-state index in [0.29, 0.717) is 17.1 Å². The topological polar surface area (TPSA) is 72.2 Å². The number of benzene rings is 2. The minimum absolute atomic E-state index is 0.141. The number of para-hydroxylation sites is 1. The van der Waals surface area contributed by atoms with Gasteiger partial charge in [0.2, 0.25) is 5.91 Å². The number of anilines is 1. The van der Waals surface area contributed by atoms with Gasteiger partial charge in [0.25, 0.3) is 5.91 Å². The zero-order valence-corrected chi connectivity index (χ0v) is 12.2. The van der Waals surface area contributed by atoms with Crippen LogP contribution in [0.4, 0.5) is 5.69 Å². The van der Waals surface area contributed by atoms with Crippen LogP contribution >= 0.6 is 11.8 Å². The molecule has 5 heteroatoms. The monoisotopic (exact) mass is 300 g/mol. The highest BCUT2D eigenvalue weighted by Crippen LogP contribution is 2.14. The molecule has 0 aliphatic rings. The van der Waals surface area contributed by atoms with Gasteiger partial charge in [-0.2, -0.15) is 0 Å². The second-order valence-corrected chi connectivity index (χ2v) is 5.46. The van der Waals surface area contributed by atoms with Crippen LogP contribution in [0.3, 0.4) is 0 Å². The maximum absolute atomic E-state index is 12.1. The summed E-state index contributed by atoms with van der Waals surface area (Å²) in [5, 5.41) is 2.83. The van der Waals surface area contributed by atoms with E-state index in [0.717, 1.165) is 11.3 Å². The van der Waals surface area contributed by atoms with Crippen molar-refractivity contribution in [2.24, 2.45) is 5.73 Å². The van der Waals surface area contributed by atoms with Crippen LogP contribution in [0.25, 0.3) is 0 Å². The number of rotatable bonds is 6. The fraction of sp³-hybridized carbons (Fsp3) is 0.125. The van der Waals surface area contributed by atoms with Crippen LogP contribution in [0, 0.1) is 0 Å². The smallest absolute Gasteiger partial charge is 0.255 e. The Morgan fingerprint density at radius 3 is 2.29 bits per heavy atom. The molecule has 0 aromatic heterocycles. The maximum Gasteiger partial charge on any atom is 0.255 e. The highest BCUT2D eigenvalue weighted by Gasteiger charge is 2.06. The summed E-state index contributed by atoms with van der Waals surface area (Å²) >= 11 is 1.46. The third-order valence-corrected chi connectivity index (χ3v) is 3.79. The lowest BCUT2D eigenvalue weighted by Gasteiger charge is -2.06. The van der Waals surface area contributed by atoms with Gasteiger partial charge in [-0.1, -0.05) is 30.3 Å². The quantitative estimate of drug-likeness (QED) is 0.861. The normalized spacial score (nSPS) is 10.1. The Labute approximate surface area is 127 Å². The number of thioether (sulfide) groups is 1. The van der Waals surface area contributed by atoms with Crippen molar-refractivity contribution in [2.75, 3.05) is 11.1 Å². The highest BCUT2D eigenvalue weighted by molar-refractivity contribution is 7.99. The van der Waals surface area contributed by atoms with E-state index in [1.807, 2.05) is 42.5 Å². The van der Waals surface area contributed by atoms with E-state index in [-0.39, 0.29) is 11.8 Å². The number of nitrogens with two attached hydrogens (primary N) is 1. The minimum Gasteiger partial charge on any atom is -0.369 e. The van der Waals surface area contributed by atoms with Crippen LogP contribution in [0.5, 0.6) is 0 Å². The summed E-state index contributed by atoms with van der Waals surface area (Å²) in [5.41, 5.74) is 7.50. The predicted molar refractivity (Wildman–Crippen MR) is 86.2 cm³/mol. The van der Waals surface area contributed by atoms with Crippen molar-refractivity contribution in [3.8, 4) is 0 Å². The number of hydrogen-bond acceptors (Lipinski definition) is 3. The molecule has 0 atom stereocenters. The third-order valence-electron chi connectivity index (χ3n) is 2.76. The van der Waals surface area contributed by atoms with Crippen LogP contribution in [0.2, 0.25) is 0 Å². The standard InChI is InChI=1S/C16H16N2O2S/c17-15(19)11-21-10-12-6-8-13(9-7-12)16(20)18-14-4-2-1-3-5-14/h1-9H,10-11H2,(H2,17,19)(H,18,20). The second kappa shape index (κ2) is 7.50. The first-order valence-electron chi connectivity index (χ1n) is 6.46. The van der Waals surface area contributed by atoms with Gasteiger partial charge in [-0.05, 0) is 29.8 Å². The Kier molecular flexibility index (Phi) is 5.40. The van der Waals surface area contributed by atoms with Crippen LogP contribution in [0.1, 0.15) is 15.9 Å². The molecular formula is C16H16N2O2S. The van der Waals surface area contributed by atoms with Crippen molar-refractivity contribution in [3.63, 3.8) is 0 Å². The van der Waals surface area contributed by atoms with Crippen LogP contribution in [0.15, 0.2) is 54.6 Å². The molecule has 0 unspecified atom stereocenters. The fourth-order valence-electron chi connectivity index (χ4n) is 1.75. The molecule has 0 saturated heterocycles. The Bertz CT molecular complexity index is 612. The molecule has 21 heavy (non-hydrogen) atoms. The summed E-state index contributed by atoms with van der Waals surface area (Å²) in [6.07, 6.45) is 0. The second-order valence-electron chi connectivity index (χ2n) is 4.48. The molecule has 3 N–H and O–H groups in total. The summed E-state index contributed by atoms with van der Waals surface area (Å²) in [4.78, 5) is 22.7. The molecule has 0 radical (unpaired) electrons. The van der Waals surface area contributed by atoms with E-state index < -0.39 is 0 Å². The van der Waals surface area contributed by atoms with Gasteiger partial charge in [-0.3, -0.25) is 9.59 Å². The average molecular weight is 300 g/mol. The molecule has 4 nitrogen and oxygen atoms in total. The van der Waals surface area contributed by atoms with E-state index in [1.165, 1.54) is 11.8 Å². The average Bonchev–Trinajstić information content (AvgIpc) is 2.48. The van der Waals surface area contributed by atoms with Gasteiger partial charge in [0.1, 0.15) is 0 Å². The third kappa shape index (κ3) is 4.96. The largest absolute Gasteiger partial charge is 0.369 e. The van der Waals surface area contributed by atoms with Crippen molar-refractivity contribution in [1.82, 2.24) is 0 Å². The van der Waals surface area contributed by atoms with Gasteiger partial charge in [0.15, 0.2) is 0 Å². The number of nitrogens with one attached hydrogen (secondary N) is 1. The van der Waals surface area contributed by atoms with Gasteiger partial charge >= 0.3 is 0 Å². The van der Waals surface area contributed by atoms with Gasteiger partial charge in [-0.25, -0.2) is 0 Å². The minimum atomic E-state index is -0.321. The first-order chi connectivity index (χ1) is 10.1. The fourth-order valence-corrected chi connectivity index (χ4v) is 2.48. The summed E-state index contributed by atoms with van der Waals surface area (Å²) in [5.74, 6) is 0.538. The lowest BCUT2D eigenvalue weighted by atomic mass is 10.1. The van der Waals surface area contributed by atoms with Crippen LogP contribution in [-0.2, 0) is 10.5 Å². The Hall–Kier alpha value is -2.27. The molecule has 2 aromatic carbocycles. The van der Waals surface area contributed by atoms with E-state index >= 15 is 0 Å². The predicted octanol–water partition coefficient (Wildman–Crippen LogP) is 2.66. The van der Waals surface area contributed by atoms with E-state index in [1.54, 1.807) is 12.1 Å². The summed E-state index contributed by atoms with van der Waals surface area (Å²) in [7, 11) is 0. The number of primary amides is 1. The van der Waals surface area contributed by atoms with Gasteiger partial charge in [0.05, 0.1) is 5.75 Å². The number of hydrogen-bond donors (Lipinski definition) is 2. The summed E-state index contributed by atoms with van der Waals surface area (Å²) < 4.78 is 0. The van der Waals surface area contributed by atoms with Crippen molar-refractivity contribution in [2.45, 2.75) is 5.75 Å². The lowest BCUT2D eigenvalue weighted by Crippen LogP contribution is -2.13. The molecule has 0 spiro atoms. The van der Waals surface area contributed by atoms with E-state index in [4.69, 9.17) is 5.73 Å². The molecule has 0 saturated carbocycles.